The van der Waals surface area contributed by atoms with E-state index in [1.54, 1.807) is 60.9 Å². The molecule has 0 spiro atoms. The summed E-state index contributed by atoms with van der Waals surface area (Å²) in [6.07, 6.45) is 3.53. The van der Waals surface area contributed by atoms with Gasteiger partial charge in [0.05, 0.1) is 22.2 Å². The van der Waals surface area contributed by atoms with Gasteiger partial charge in [0.15, 0.2) is 34.9 Å². The van der Waals surface area contributed by atoms with Gasteiger partial charge in [0.1, 0.15) is 0 Å². The van der Waals surface area contributed by atoms with Gasteiger partial charge in [0.2, 0.25) is 0 Å². The van der Waals surface area contributed by atoms with Crippen LogP contribution in [0.5, 0.6) is 0 Å². The molecule has 0 atom stereocenters. The fraction of sp³-hybridized carbons (Fsp3) is 0.0225. The van der Waals surface area contributed by atoms with E-state index in [0.29, 0.717) is 95.7 Å². The number of halogens is 4. The van der Waals surface area contributed by atoms with E-state index in [1.807, 2.05) is 231 Å². The number of nitrogens with zero attached hydrogens (tertiary/aromatic N) is 9. The Hall–Kier alpha value is -13.4. The van der Waals surface area contributed by atoms with Crippen molar-refractivity contribution >= 4 is 32.7 Å². The first-order valence-electron chi connectivity index (χ1n) is 33.4. The van der Waals surface area contributed by atoms with Gasteiger partial charge in [0, 0.05) is 106 Å². The van der Waals surface area contributed by atoms with Gasteiger partial charge in [-0.25, -0.2) is 34.9 Å². The molecule has 0 fully saturated rings. The highest BCUT2D eigenvalue weighted by Crippen LogP contribution is 2.55. The molecule has 12 aromatic carbocycles. The van der Waals surface area contributed by atoms with Crippen molar-refractivity contribution in [3.63, 3.8) is 0 Å². The Kier molecular flexibility index (Phi) is 13.9. The molecule has 19 rings (SSSR count). The van der Waals surface area contributed by atoms with Gasteiger partial charge in [-0.15, -0.1) is 0 Å². The van der Waals surface area contributed by atoms with E-state index in [1.165, 1.54) is 12.1 Å². The molecule has 17 aromatic rings. The summed E-state index contributed by atoms with van der Waals surface area (Å²) in [6, 6.07) is 92.9. The van der Waals surface area contributed by atoms with E-state index in [9.17, 15) is 0 Å². The molecule has 13 heteroatoms. The normalized spacial score (nSPS) is 13.1. The van der Waals surface area contributed by atoms with Crippen LogP contribution in [0.25, 0.3) is 179 Å². The lowest BCUT2D eigenvalue weighted by atomic mass is 9.89. The van der Waals surface area contributed by atoms with Gasteiger partial charge >= 0.3 is 0 Å². The van der Waals surface area contributed by atoms with Crippen molar-refractivity contribution in [3.8, 4) is 146 Å². The Bertz CT molecular complexity index is 6150. The Balaban J connectivity index is 0.677. The van der Waals surface area contributed by atoms with Gasteiger partial charge in [-0.05, 0) is 111 Å². The molecule has 0 radical (unpaired) electrons. The van der Waals surface area contributed by atoms with Crippen molar-refractivity contribution in [2.75, 3.05) is 0 Å². The van der Waals surface area contributed by atoms with Crippen LogP contribution < -0.4 is 0 Å². The van der Waals surface area contributed by atoms with Crippen LogP contribution in [0.1, 0.15) is 22.3 Å². The van der Waals surface area contributed by atoms with Crippen LogP contribution in [0.3, 0.4) is 0 Å². The number of aromatic nitrogens is 9. The average molecular weight is 1320 g/mol. The maximum Gasteiger partial charge on any atom is 0.299 e. The zero-order chi connectivity index (χ0) is 68.2. The summed E-state index contributed by atoms with van der Waals surface area (Å²) < 4.78 is 69.9. The van der Waals surface area contributed by atoms with Crippen LogP contribution >= 0.6 is 0 Å². The quantitative estimate of drug-likeness (QED) is 0.117. The van der Waals surface area contributed by atoms with E-state index in [0.717, 1.165) is 71.7 Å². The second-order valence-electron chi connectivity index (χ2n) is 25.6. The summed E-state index contributed by atoms with van der Waals surface area (Å²) >= 11 is 0. The molecular weight excluding hydrogens is 1270 g/mol. The number of hydrogen-bond acceptors (Lipinski definition) is 9. The van der Waals surface area contributed by atoms with Crippen molar-refractivity contribution in [2.45, 2.75) is 11.8 Å². The molecule has 0 N–H and O–H groups in total. The summed E-state index contributed by atoms with van der Waals surface area (Å²) in [4.78, 5) is 44.3. The number of para-hydroxylation sites is 2. The predicted molar refractivity (Wildman–Crippen MR) is 396 cm³/mol. The Morgan fingerprint density at radius 1 is 0.206 bits per heavy atom. The topological polar surface area (TPSA) is 116 Å². The van der Waals surface area contributed by atoms with Crippen molar-refractivity contribution in [1.82, 2.24) is 44.9 Å². The molecule has 0 saturated heterocycles. The minimum Gasteiger partial charge on any atom is -0.256 e. The summed E-state index contributed by atoms with van der Waals surface area (Å²) in [7, 11) is 0. The van der Waals surface area contributed by atoms with Gasteiger partial charge < -0.3 is 0 Å². The molecule has 0 bridgehead atoms. The molecule has 0 amide bonds. The number of alkyl halides is 4. The predicted octanol–water partition coefficient (Wildman–Crippen LogP) is 22.3. The fourth-order valence-electron chi connectivity index (χ4n) is 14.5. The van der Waals surface area contributed by atoms with E-state index in [2.05, 4.69) is 6.07 Å². The first-order chi connectivity index (χ1) is 50.0. The van der Waals surface area contributed by atoms with Crippen LogP contribution in [0.4, 0.5) is 17.6 Å². The molecule has 2 aliphatic carbocycles. The smallest absolute Gasteiger partial charge is 0.256 e. The third kappa shape index (κ3) is 10.1. The molecule has 9 nitrogen and oxygen atoms in total. The Labute approximate surface area is 582 Å². The molecule has 0 saturated carbocycles. The number of rotatable bonds is 11. The second-order valence-corrected chi connectivity index (χ2v) is 25.6. The maximum atomic E-state index is 17.6. The molecule has 5 aromatic heterocycles. The zero-order valence-corrected chi connectivity index (χ0v) is 54.0. The standard InChI is InChI=1S/C89H51F4N9/c90-88(91)74-48-58(31-36-68(74)70-38-33-60(50-76(70)88)86-99-82(54-17-5-1-6-18-54)97-83(100-86)55-19-7-2-8-20-55)62-45-63(66-29-13-25-52-27-15-43-94-79(52)66)47-64(46-62)67-40-41-72(73-30-16-44-95-81(67)73)78-42-35-53-26-14-28-65(80(53)96-78)59-32-37-69-71-39-34-61(51-77(71)89(92,93)75(69)49-59)87-101-84(56-21-9-3-10-22-56)98-85(102-87)57-23-11-4-12-24-57/h1-51H. The van der Waals surface area contributed by atoms with Gasteiger partial charge in [-0.1, -0.05) is 237 Å². The molecule has 5 heterocycles. The molecule has 0 aliphatic heterocycles. The lowest BCUT2D eigenvalue weighted by Crippen LogP contribution is -2.11. The van der Waals surface area contributed by atoms with Crippen molar-refractivity contribution in [2.24, 2.45) is 0 Å². The van der Waals surface area contributed by atoms with Crippen LogP contribution in [-0.2, 0) is 11.8 Å². The molecular formula is C89H51F4N9. The summed E-state index contributed by atoms with van der Waals surface area (Å²) in [5, 5.41) is 2.60. The molecule has 102 heavy (non-hydrogen) atoms. The molecule has 2 aliphatic rings. The third-order valence-electron chi connectivity index (χ3n) is 19.5. The molecule has 0 unspecified atom stereocenters. The number of fused-ring (bicyclic) bond motifs is 9. The highest BCUT2D eigenvalue weighted by atomic mass is 19.3. The van der Waals surface area contributed by atoms with Gasteiger partial charge in [0.25, 0.3) is 11.8 Å². The second kappa shape index (κ2) is 23.7. The van der Waals surface area contributed by atoms with E-state index < -0.39 is 11.8 Å². The summed E-state index contributed by atoms with van der Waals surface area (Å²) in [5.74, 6) is -4.46. The average Bonchev–Trinajstić information content (AvgIpc) is 1.54. The number of benzene rings is 12. The SMILES string of the molecule is FC1(F)c2cc(-c3cc(-c4cccc5cccnc45)cc(-c4ccc(-c5ccc6cccc(-c7ccc8c(c7)C(F)(F)c7cc(-c9nc(-c%10ccccc%10)nc(-c%10ccccc%10)n9)ccc7-8)c6n5)c5cccnc45)c3)ccc2-c2ccc(-c3nc(-c4ccccc4)nc(-c4ccccc4)n3)cc21. The van der Waals surface area contributed by atoms with Crippen LogP contribution in [0, 0.1) is 0 Å². The highest BCUT2D eigenvalue weighted by molar-refractivity contribution is 6.05. The van der Waals surface area contributed by atoms with Crippen molar-refractivity contribution in [3.05, 3.63) is 332 Å². The van der Waals surface area contributed by atoms with Crippen molar-refractivity contribution in [1.29, 1.82) is 0 Å². The Morgan fingerprint density at radius 3 is 1.05 bits per heavy atom. The van der Waals surface area contributed by atoms with E-state index in [4.69, 9.17) is 44.9 Å². The first-order valence-corrected chi connectivity index (χ1v) is 33.4. The van der Waals surface area contributed by atoms with Crippen LogP contribution in [0.2, 0.25) is 0 Å². The largest absolute Gasteiger partial charge is 0.299 e. The third-order valence-corrected chi connectivity index (χ3v) is 19.5. The maximum absolute atomic E-state index is 17.6. The van der Waals surface area contributed by atoms with E-state index >= 15 is 17.6 Å². The first kappa shape index (κ1) is 59.8. The van der Waals surface area contributed by atoms with Crippen LogP contribution in [-0.4, -0.2) is 44.9 Å². The van der Waals surface area contributed by atoms with Crippen LogP contribution in [0.15, 0.2) is 310 Å². The summed E-state index contributed by atoms with van der Waals surface area (Å²) in [5.41, 5.74) is 14.7. The highest BCUT2D eigenvalue weighted by Gasteiger charge is 2.46. The lowest BCUT2D eigenvalue weighted by molar-refractivity contribution is 0.0475. The fourth-order valence-corrected chi connectivity index (χ4v) is 14.5. The van der Waals surface area contributed by atoms with Gasteiger partial charge in [-0.2, -0.15) is 17.6 Å². The number of pyridine rings is 3. The zero-order valence-electron chi connectivity index (χ0n) is 54.0. The monoisotopic (exact) mass is 1320 g/mol. The van der Waals surface area contributed by atoms with Gasteiger partial charge in [-0.3, -0.25) is 9.97 Å². The molecule has 480 valence electrons. The van der Waals surface area contributed by atoms with Crippen molar-refractivity contribution < 1.29 is 17.6 Å². The minimum atomic E-state index is -3.39. The minimum absolute atomic E-state index is 0.106. The lowest BCUT2D eigenvalue weighted by Gasteiger charge is -2.17. The van der Waals surface area contributed by atoms with E-state index in [-0.39, 0.29) is 33.9 Å². The summed E-state index contributed by atoms with van der Waals surface area (Å²) in [6.45, 7) is 0. The number of hydrogen-bond donors (Lipinski definition) is 0. The Morgan fingerprint density at radius 2 is 0.559 bits per heavy atom.